The van der Waals surface area contributed by atoms with Gasteiger partial charge in [0.1, 0.15) is 0 Å². The Bertz CT molecular complexity index is 928. The molecule has 0 aliphatic carbocycles. The summed E-state index contributed by atoms with van der Waals surface area (Å²) in [5.74, 6) is -0.152. The van der Waals surface area contributed by atoms with E-state index in [0.29, 0.717) is 5.69 Å². The molecule has 7 heteroatoms. The number of nitrogens with zero attached hydrogens (tertiary/aromatic N) is 2. The molecule has 1 N–H and O–H groups in total. The van der Waals surface area contributed by atoms with E-state index < -0.39 is 4.92 Å². The number of carbonyl (C=O) groups excluding carboxylic acids is 1. The Balaban J connectivity index is 1.66. The van der Waals surface area contributed by atoms with Crippen LogP contribution in [0.3, 0.4) is 0 Å². The predicted octanol–water partition coefficient (Wildman–Crippen LogP) is 4.26. The highest BCUT2D eigenvalue weighted by Gasteiger charge is 2.15. The quantitative estimate of drug-likeness (QED) is 0.421. The van der Waals surface area contributed by atoms with Gasteiger partial charge in [-0.15, -0.1) is 11.8 Å². The van der Waals surface area contributed by atoms with E-state index in [-0.39, 0.29) is 16.8 Å². The topological polar surface area (TPSA) is 85.1 Å². The number of pyridine rings is 1. The van der Waals surface area contributed by atoms with Crippen LogP contribution in [0, 0.1) is 10.1 Å². The van der Waals surface area contributed by atoms with Gasteiger partial charge in [0, 0.05) is 22.4 Å². The van der Waals surface area contributed by atoms with Crippen LogP contribution in [-0.4, -0.2) is 21.1 Å². The zero-order valence-electron chi connectivity index (χ0n) is 13.4. The zero-order valence-corrected chi connectivity index (χ0v) is 14.2. The number of nitrogens with one attached hydrogen (secondary N) is 1. The predicted molar refractivity (Wildman–Crippen MR) is 98.8 cm³/mol. The summed E-state index contributed by atoms with van der Waals surface area (Å²) in [6, 6.07) is 15.7. The van der Waals surface area contributed by atoms with E-state index in [1.165, 1.54) is 23.9 Å². The Kier molecular flexibility index (Phi) is 4.95. The molecular formula is C18H15N3O3S. The first-order chi connectivity index (χ1) is 12.0. The molecule has 0 spiro atoms. The van der Waals surface area contributed by atoms with Crippen molar-refractivity contribution in [2.45, 2.75) is 17.1 Å². The van der Waals surface area contributed by atoms with E-state index in [4.69, 9.17) is 0 Å². The molecule has 1 atom stereocenters. The summed E-state index contributed by atoms with van der Waals surface area (Å²) in [4.78, 5) is 27.7. The second-order valence-electron chi connectivity index (χ2n) is 5.42. The Morgan fingerprint density at radius 3 is 2.64 bits per heavy atom. The van der Waals surface area contributed by atoms with Gasteiger partial charge in [0.15, 0.2) is 0 Å². The number of carbonyl (C=O) groups is 1. The number of anilines is 1. The zero-order chi connectivity index (χ0) is 17.8. The molecule has 0 aliphatic heterocycles. The minimum atomic E-state index is -0.447. The van der Waals surface area contributed by atoms with Crippen LogP contribution < -0.4 is 5.32 Å². The molecule has 3 rings (SSSR count). The number of hydrogen-bond acceptors (Lipinski definition) is 5. The first-order valence-corrected chi connectivity index (χ1v) is 8.47. The molecular weight excluding hydrogens is 338 g/mol. The summed E-state index contributed by atoms with van der Waals surface area (Å²) in [5.41, 5.74) is 1.54. The molecule has 2 aromatic carbocycles. The summed E-state index contributed by atoms with van der Waals surface area (Å²) in [7, 11) is 0. The first kappa shape index (κ1) is 16.9. The maximum absolute atomic E-state index is 12.4. The van der Waals surface area contributed by atoms with Crippen molar-refractivity contribution in [1.29, 1.82) is 0 Å². The molecule has 0 saturated heterocycles. The van der Waals surface area contributed by atoms with Crippen LogP contribution in [0.15, 0.2) is 65.7 Å². The standard InChI is InChI=1S/C18H15N3O3S/c1-12(25-16-8-6-15(7-9-16)21(23)24)18(22)20-14-10-13-4-2-3-5-17(13)19-11-14/h2-12H,1H3,(H,20,22). The molecule has 1 unspecified atom stereocenters. The highest BCUT2D eigenvalue weighted by molar-refractivity contribution is 8.00. The molecule has 0 fully saturated rings. The highest BCUT2D eigenvalue weighted by Crippen LogP contribution is 2.26. The SMILES string of the molecule is CC(Sc1ccc([N+](=O)[O-])cc1)C(=O)Nc1cnc2ccccc2c1. The van der Waals surface area contributed by atoms with Crippen LogP contribution in [0.5, 0.6) is 0 Å². The van der Waals surface area contributed by atoms with Gasteiger partial charge < -0.3 is 5.32 Å². The van der Waals surface area contributed by atoms with Crippen molar-refractivity contribution in [3.8, 4) is 0 Å². The molecule has 25 heavy (non-hydrogen) atoms. The van der Waals surface area contributed by atoms with Crippen molar-refractivity contribution in [2.24, 2.45) is 0 Å². The maximum atomic E-state index is 12.4. The van der Waals surface area contributed by atoms with Crippen LogP contribution >= 0.6 is 11.8 Å². The maximum Gasteiger partial charge on any atom is 0.269 e. The average molecular weight is 353 g/mol. The van der Waals surface area contributed by atoms with Gasteiger partial charge >= 0.3 is 0 Å². The van der Waals surface area contributed by atoms with Crippen LogP contribution in [-0.2, 0) is 4.79 Å². The smallest absolute Gasteiger partial charge is 0.269 e. The summed E-state index contributed by atoms with van der Waals surface area (Å²) in [6.45, 7) is 1.79. The second-order valence-corrected chi connectivity index (χ2v) is 6.83. The molecule has 3 aromatic rings. The van der Waals surface area contributed by atoms with Crippen molar-refractivity contribution < 1.29 is 9.72 Å². The number of fused-ring (bicyclic) bond motifs is 1. The monoisotopic (exact) mass is 353 g/mol. The molecule has 0 bridgehead atoms. The van der Waals surface area contributed by atoms with Gasteiger partial charge in [-0.05, 0) is 31.2 Å². The summed E-state index contributed by atoms with van der Waals surface area (Å²) < 4.78 is 0. The van der Waals surface area contributed by atoms with Gasteiger partial charge in [-0.1, -0.05) is 18.2 Å². The minimum Gasteiger partial charge on any atom is -0.324 e. The summed E-state index contributed by atoms with van der Waals surface area (Å²) in [5, 5.41) is 14.1. The number of para-hydroxylation sites is 1. The number of rotatable bonds is 5. The Morgan fingerprint density at radius 2 is 1.92 bits per heavy atom. The third kappa shape index (κ3) is 4.13. The van der Waals surface area contributed by atoms with Crippen molar-refractivity contribution in [2.75, 3.05) is 5.32 Å². The van der Waals surface area contributed by atoms with Crippen molar-refractivity contribution in [3.63, 3.8) is 0 Å². The number of aromatic nitrogens is 1. The number of non-ortho nitro benzene ring substituents is 1. The lowest BCUT2D eigenvalue weighted by Gasteiger charge is -2.12. The third-order valence-electron chi connectivity index (χ3n) is 3.59. The molecule has 1 amide bonds. The van der Waals surface area contributed by atoms with Crippen molar-refractivity contribution in [1.82, 2.24) is 4.98 Å². The number of amides is 1. The fourth-order valence-electron chi connectivity index (χ4n) is 2.29. The summed E-state index contributed by atoms with van der Waals surface area (Å²) in [6.07, 6.45) is 1.63. The molecule has 0 radical (unpaired) electrons. The van der Waals surface area contributed by atoms with E-state index in [9.17, 15) is 14.9 Å². The van der Waals surface area contributed by atoms with Crippen LogP contribution in [0.1, 0.15) is 6.92 Å². The van der Waals surface area contributed by atoms with Gasteiger partial charge in [0.05, 0.1) is 27.6 Å². The number of thioether (sulfide) groups is 1. The molecule has 6 nitrogen and oxygen atoms in total. The van der Waals surface area contributed by atoms with Crippen LogP contribution in [0.4, 0.5) is 11.4 Å². The van der Waals surface area contributed by atoms with E-state index in [1.807, 2.05) is 30.3 Å². The van der Waals surface area contributed by atoms with Gasteiger partial charge in [-0.3, -0.25) is 19.9 Å². The molecule has 0 saturated carbocycles. The van der Waals surface area contributed by atoms with Crippen molar-refractivity contribution >= 4 is 39.9 Å². The van der Waals surface area contributed by atoms with Crippen LogP contribution in [0.2, 0.25) is 0 Å². The number of nitro groups is 1. The van der Waals surface area contributed by atoms with Gasteiger partial charge in [-0.25, -0.2) is 0 Å². The lowest BCUT2D eigenvalue weighted by atomic mass is 10.2. The van der Waals surface area contributed by atoms with E-state index in [2.05, 4.69) is 10.3 Å². The van der Waals surface area contributed by atoms with Gasteiger partial charge in [0.25, 0.3) is 5.69 Å². The fraction of sp³-hybridized carbons (Fsp3) is 0.111. The average Bonchev–Trinajstić information content (AvgIpc) is 2.62. The summed E-state index contributed by atoms with van der Waals surface area (Å²) >= 11 is 1.34. The molecule has 1 heterocycles. The largest absolute Gasteiger partial charge is 0.324 e. The number of hydrogen-bond donors (Lipinski definition) is 1. The van der Waals surface area contributed by atoms with Crippen molar-refractivity contribution in [3.05, 3.63) is 70.9 Å². The number of nitro benzene ring substituents is 1. The fourth-order valence-corrected chi connectivity index (χ4v) is 3.15. The van der Waals surface area contributed by atoms with E-state index >= 15 is 0 Å². The Labute approximate surface area is 148 Å². The highest BCUT2D eigenvalue weighted by atomic mass is 32.2. The normalized spacial score (nSPS) is 11.9. The molecule has 0 aliphatic rings. The molecule has 1 aromatic heterocycles. The van der Waals surface area contributed by atoms with Crippen LogP contribution in [0.25, 0.3) is 10.9 Å². The van der Waals surface area contributed by atoms with Gasteiger partial charge in [0.2, 0.25) is 5.91 Å². The second kappa shape index (κ2) is 7.31. The number of benzene rings is 2. The van der Waals surface area contributed by atoms with E-state index in [0.717, 1.165) is 15.8 Å². The lowest BCUT2D eigenvalue weighted by Crippen LogP contribution is -2.22. The Morgan fingerprint density at radius 1 is 1.20 bits per heavy atom. The van der Waals surface area contributed by atoms with E-state index in [1.54, 1.807) is 25.3 Å². The first-order valence-electron chi connectivity index (χ1n) is 7.60. The molecule has 126 valence electrons. The minimum absolute atomic E-state index is 0.0312. The van der Waals surface area contributed by atoms with Gasteiger partial charge in [-0.2, -0.15) is 0 Å². The third-order valence-corrected chi connectivity index (χ3v) is 4.70. The lowest BCUT2D eigenvalue weighted by molar-refractivity contribution is -0.384. The Hall–Kier alpha value is -2.93.